The molecule has 0 aliphatic rings. The van der Waals surface area contributed by atoms with Gasteiger partial charge in [0.05, 0.1) is 6.10 Å². The SMILES string of the molecule is CC(C)OCCCNC(=O)COC(=O)c1cc(Br)c[nH]1. The van der Waals surface area contributed by atoms with Gasteiger partial charge in [-0.05, 0) is 42.3 Å². The van der Waals surface area contributed by atoms with Crippen LogP contribution in [0.1, 0.15) is 30.8 Å². The van der Waals surface area contributed by atoms with E-state index in [-0.39, 0.29) is 18.6 Å². The molecular weight excluding hydrogens is 328 g/mol. The molecule has 0 aliphatic carbocycles. The van der Waals surface area contributed by atoms with Gasteiger partial charge in [-0.3, -0.25) is 4.79 Å². The molecule has 7 heteroatoms. The highest BCUT2D eigenvalue weighted by Crippen LogP contribution is 2.11. The molecule has 1 aromatic rings. The van der Waals surface area contributed by atoms with Crippen LogP contribution in [0.2, 0.25) is 0 Å². The number of rotatable bonds is 8. The summed E-state index contributed by atoms with van der Waals surface area (Å²) in [5.41, 5.74) is 0.301. The van der Waals surface area contributed by atoms with Crippen molar-refractivity contribution < 1.29 is 19.1 Å². The van der Waals surface area contributed by atoms with Gasteiger partial charge in [-0.15, -0.1) is 0 Å². The molecule has 1 amide bonds. The van der Waals surface area contributed by atoms with Crippen molar-refractivity contribution in [1.82, 2.24) is 10.3 Å². The lowest BCUT2D eigenvalue weighted by molar-refractivity contribution is -0.124. The average Bonchev–Trinajstić information content (AvgIpc) is 2.82. The minimum Gasteiger partial charge on any atom is -0.451 e. The molecule has 0 aromatic carbocycles. The molecule has 20 heavy (non-hydrogen) atoms. The Morgan fingerprint density at radius 2 is 2.20 bits per heavy atom. The van der Waals surface area contributed by atoms with E-state index in [1.807, 2.05) is 13.8 Å². The minimum absolute atomic E-state index is 0.187. The second kappa shape index (κ2) is 8.76. The normalized spacial score (nSPS) is 10.6. The van der Waals surface area contributed by atoms with Crippen molar-refractivity contribution in [2.24, 2.45) is 0 Å². The number of carbonyl (C=O) groups is 2. The first-order valence-electron chi connectivity index (χ1n) is 6.38. The number of carbonyl (C=O) groups excluding carboxylic acids is 2. The Morgan fingerprint density at radius 1 is 1.45 bits per heavy atom. The van der Waals surface area contributed by atoms with Crippen LogP contribution in [0.3, 0.4) is 0 Å². The third-order valence-corrected chi connectivity index (χ3v) is 2.75. The van der Waals surface area contributed by atoms with Crippen molar-refractivity contribution in [1.29, 1.82) is 0 Å². The van der Waals surface area contributed by atoms with Gasteiger partial charge in [0.15, 0.2) is 6.61 Å². The summed E-state index contributed by atoms with van der Waals surface area (Å²) < 4.78 is 11.0. The maximum Gasteiger partial charge on any atom is 0.355 e. The molecule has 0 unspecified atom stereocenters. The van der Waals surface area contributed by atoms with Gasteiger partial charge in [0.2, 0.25) is 0 Å². The summed E-state index contributed by atoms with van der Waals surface area (Å²) in [5, 5.41) is 2.65. The summed E-state index contributed by atoms with van der Waals surface area (Å²) in [4.78, 5) is 25.7. The van der Waals surface area contributed by atoms with Gasteiger partial charge in [0.1, 0.15) is 5.69 Å². The molecule has 1 heterocycles. The van der Waals surface area contributed by atoms with Crippen molar-refractivity contribution in [3.8, 4) is 0 Å². The Morgan fingerprint density at radius 3 is 2.80 bits per heavy atom. The molecule has 2 N–H and O–H groups in total. The molecule has 1 aromatic heterocycles. The highest BCUT2D eigenvalue weighted by atomic mass is 79.9. The van der Waals surface area contributed by atoms with Crippen LogP contribution in [0, 0.1) is 0 Å². The largest absolute Gasteiger partial charge is 0.451 e. The standard InChI is InChI=1S/C13H19BrN2O4/c1-9(2)19-5-3-4-15-12(17)8-20-13(18)11-6-10(14)7-16-11/h6-7,9,16H,3-5,8H2,1-2H3,(H,15,17). The van der Waals surface area contributed by atoms with Crippen LogP contribution >= 0.6 is 15.9 Å². The van der Waals surface area contributed by atoms with E-state index in [9.17, 15) is 9.59 Å². The Kier molecular flexibility index (Phi) is 7.32. The van der Waals surface area contributed by atoms with Crippen LogP contribution in [0.15, 0.2) is 16.7 Å². The zero-order valence-electron chi connectivity index (χ0n) is 11.6. The van der Waals surface area contributed by atoms with E-state index in [1.54, 1.807) is 12.3 Å². The lowest BCUT2D eigenvalue weighted by Gasteiger charge is -2.08. The van der Waals surface area contributed by atoms with Gasteiger partial charge in [-0.1, -0.05) is 0 Å². The fraction of sp³-hybridized carbons (Fsp3) is 0.538. The van der Waals surface area contributed by atoms with Gasteiger partial charge in [0, 0.05) is 23.8 Å². The van der Waals surface area contributed by atoms with Crippen LogP contribution in [0.4, 0.5) is 0 Å². The number of aromatic nitrogens is 1. The van der Waals surface area contributed by atoms with Crippen LogP contribution < -0.4 is 5.32 Å². The van der Waals surface area contributed by atoms with E-state index in [4.69, 9.17) is 9.47 Å². The number of amides is 1. The topological polar surface area (TPSA) is 80.4 Å². The first-order valence-corrected chi connectivity index (χ1v) is 7.17. The van der Waals surface area contributed by atoms with Gasteiger partial charge >= 0.3 is 5.97 Å². The van der Waals surface area contributed by atoms with Crippen LogP contribution in [-0.4, -0.2) is 42.7 Å². The van der Waals surface area contributed by atoms with Crippen LogP contribution in [0.25, 0.3) is 0 Å². The molecule has 0 bridgehead atoms. The van der Waals surface area contributed by atoms with Gasteiger partial charge in [-0.2, -0.15) is 0 Å². The number of hydrogen-bond acceptors (Lipinski definition) is 4. The Bertz CT molecular complexity index is 445. The summed E-state index contributed by atoms with van der Waals surface area (Å²) in [6.07, 6.45) is 2.53. The molecule has 0 atom stereocenters. The highest BCUT2D eigenvalue weighted by Gasteiger charge is 2.11. The molecule has 0 spiro atoms. The van der Waals surface area contributed by atoms with E-state index >= 15 is 0 Å². The lowest BCUT2D eigenvalue weighted by Crippen LogP contribution is -2.30. The molecule has 1 rings (SSSR count). The Labute approximate surface area is 126 Å². The minimum atomic E-state index is -0.561. The fourth-order valence-electron chi connectivity index (χ4n) is 1.36. The fourth-order valence-corrected chi connectivity index (χ4v) is 1.71. The second-order valence-electron chi connectivity index (χ2n) is 4.43. The van der Waals surface area contributed by atoms with E-state index < -0.39 is 5.97 Å². The zero-order valence-corrected chi connectivity index (χ0v) is 13.2. The highest BCUT2D eigenvalue weighted by molar-refractivity contribution is 9.10. The summed E-state index contributed by atoms with van der Waals surface area (Å²) >= 11 is 3.21. The van der Waals surface area contributed by atoms with Crippen molar-refractivity contribution in [3.63, 3.8) is 0 Å². The van der Waals surface area contributed by atoms with Crippen molar-refractivity contribution in [2.45, 2.75) is 26.4 Å². The maximum absolute atomic E-state index is 11.5. The molecule has 0 saturated heterocycles. The maximum atomic E-state index is 11.5. The molecular formula is C13H19BrN2O4. The van der Waals surface area contributed by atoms with Crippen molar-refractivity contribution in [3.05, 3.63) is 22.4 Å². The second-order valence-corrected chi connectivity index (χ2v) is 5.35. The number of halogens is 1. The third-order valence-electron chi connectivity index (χ3n) is 2.30. The summed E-state index contributed by atoms with van der Waals surface area (Å²) in [7, 11) is 0. The van der Waals surface area contributed by atoms with Crippen molar-refractivity contribution >= 4 is 27.8 Å². The smallest absolute Gasteiger partial charge is 0.355 e. The number of esters is 1. The Hall–Kier alpha value is -1.34. The third kappa shape index (κ3) is 6.72. The first kappa shape index (κ1) is 16.7. The van der Waals surface area contributed by atoms with Gasteiger partial charge in [-0.25, -0.2) is 4.79 Å². The van der Waals surface area contributed by atoms with E-state index in [0.717, 1.165) is 10.9 Å². The summed E-state index contributed by atoms with van der Waals surface area (Å²) in [6.45, 7) is 4.71. The van der Waals surface area contributed by atoms with Crippen LogP contribution in [0.5, 0.6) is 0 Å². The van der Waals surface area contributed by atoms with Crippen molar-refractivity contribution in [2.75, 3.05) is 19.8 Å². The number of nitrogens with one attached hydrogen (secondary N) is 2. The molecule has 112 valence electrons. The van der Waals surface area contributed by atoms with E-state index in [2.05, 4.69) is 26.2 Å². The predicted octanol–water partition coefficient (Wildman–Crippen LogP) is 1.87. The Balaban J connectivity index is 2.12. The molecule has 0 aliphatic heterocycles. The average molecular weight is 347 g/mol. The molecule has 6 nitrogen and oxygen atoms in total. The molecule has 0 saturated carbocycles. The molecule has 0 radical (unpaired) electrons. The number of hydrogen-bond donors (Lipinski definition) is 2. The summed E-state index contributed by atoms with van der Waals surface area (Å²) in [5.74, 6) is -0.887. The molecule has 0 fully saturated rings. The quantitative estimate of drug-likeness (QED) is 0.556. The number of ether oxygens (including phenoxy) is 2. The first-order chi connectivity index (χ1) is 9.49. The number of aromatic amines is 1. The van der Waals surface area contributed by atoms with Gasteiger partial charge in [0.25, 0.3) is 5.91 Å². The predicted molar refractivity (Wildman–Crippen MR) is 77.5 cm³/mol. The number of H-pyrrole nitrogens is 1. The van der Waals surface area contributed by atoms with E-state index in [0.29, 0.717) is 18.8 Å². The monoisotopic (exact) mass is 346 g/mol. The lowest BCUT2D eigenvalue weighted by atomic mass is 10.4. The summed E-state index contributed by atoms with van der Waals surface area (Å²) in [6, 6.07) is 1.59. The van der Waals surface area contributed by atoms with Crippen LogP contribution in [-0.2, 0) is 14.3 Å². The van der Waals surface area contributed by atoms with E-state index in [1.165, 1.54) is 0 Å². The van der Waals surface area contributed by atoms with Gasteiger partial charge < -0.3 is 19.8 Å². The zero-order chi connectivity index (χ0) is 15.0.